The summed E-state index contributed by atoms with van der Waals surface area (Å²) >= 11 is 0. The van der Waals surface area contributed by atoms with E-state index in [1.807, 2.05) is 12.1 Å². The normalized spacial score (nSPS) is 22.4. The minimum absolute atomic E-state index is 0.0208. The molecule has 1 N–H and O–H groups in total. The minimum Gasteiger partial charge on any atom is -0.490 e. The number of nitrogens with one attached hydrogen (secondary N) is 1. The van der Waals surface area contributed by atoms with Crippen LogP contribution in [0.3, 0.4) is 0 Å². The van der Waals surface area contributed by atoms with Crippen molar-refractivity contribution in [2.24, 2.45) is 0 Å². The molecule has 1 fully saturated rings. The summed E-state index contributed by atoms with van der Waals surface area (Å²) in [4.78, 5) is 0. The fourth-order valence-electron chi connectivity index (χ4n) is 2.31. The van der Waals surface area contributed by atoms with E-state index in [-0.39, 0.29) is 5.60 Å². The van der Waals surface area contributed by atoms with E-state index in [9.17, 15) is 0 Å². The second kappa shape index (κ2) is 6.73. The van der Waals surface area contributed by atoms with Crippen LogP contribution in [0.1, 0.15) is 25.3 Å². The van der Waals surface area contributed by atoms with E-state index in [0.29, 0.717) is 6.61 Å². The lowest BCUT2D eigenvalue weighted by atomic mass is 10.0. The summed E-state index contributed by atoms with van der Waals surface area (Å²) in [5.74, 6) is 0.884. The van der Waals surface area contributed by atoms with Crippen LogP contribution in [0.15, 0.2) is 36.9 Å². The molecule has 1 aromatic carbocycles. The molecule has 3 nitrogen and oxygen atoms in total. The first-order chi connectivity index (χ1) is 9.22. The smallest absolute Gasteiger partial charge is 0.119 e. The van der Waals surface area contributed by atoms with E-state index < -0.39 is 0 Å². The predicted molar refractivity (Wildman–Crippen MR) is 77.4 cm³/mol. The molecule has 0 aliphatic carbocycles. The van der Waals surface area contributed by atoms with Crippen molar-refractivity contribution >= 4 is 0 Å². The average Bonchev–Trinajstić information content (AvgIpc) is 2.85. The summed E-state index contributed by atoms with van der Waals surface area (Å²) in [7, 11) is 0. The van der Waals surface area contributed by atoms with E-state index in [4.69, 9.17) is 9.47 Å². The molecule has 3 heteroatoms. The van der Waals surface area contributed by atoms with Gasteiger partial charge in [-0.25, -0.2) is 0 Å². The molecule has 1 aliphatic rings. The molecule has 0 bridgehead atoms. The minimum atomic E-state index is 0.0208. The van der Waals surface area contributed by atoms with Crippen molar-refractivity contribution in [3.63, 3.8) is 0 Å². The van der Waals surface area contributed by atoms with Crippen molar-refractivity contribution in [1.82, 2.24) is 5.32 Å². The van der Waals surface area contributed by atoms with Gasteiger partial charge < -0.3 is 14.8 Å². The van der Waals surface area contributed by atoms with Gasteiger partial charge in [-0.1, -0.05) is 24.8 Å². The van der Waals surface area contributed by atoms with Gasteiger partial charge in [0, 0.05) is 19.7 Å². The van der Waals surface area contributed by atoms with Gasteiger partial charge in [-0.05, 0) is 37.5 Å². The van der Waals surface area contributed by atoms with E-state index in [1.54, 1.807) is 6.08 Å². The molecule has 0 saturated carbocycles. The molecule has 104 valence electrons. The topological polar surface area (TPSA) is 30.5 Å². The lowest BCUT2D eigenvalue weighted by Gasteiger charge is -2.23. The van der Waals surface area contributed by atoms with Gasteiger partial charge in [-0.3, -0.25) is 0 Å². The Kier molecular flexibility index (Phi) is 5.00. The second-order valence-electron chi connectivity index (χ2n) is 5.25. The summed E-state index contributed by atoms with van der Waals surface area (Å²) in [5, 5.41) is 3.46. The molecule has 1 saturated heterocycles. The molecule has 1 aromatic rings. The lowest BCUT2D eigenvalue weighted by molar-refractivity contribution is 0.0207. The van der Waals surface area contributed by atoms with Crippen LogP contribution in [0.5, 0.6) is 5.75 Å². The van der Waals surface area contributed by atoms with Crippen molar-refractivity contribution in [3.05, 3.63) is 42.5 Å². The average molecular weight is 261 g/mol. The molecular weight excluding hydrogens is 238 g/mol. The Labute approximate surface area is 115 Å². The second-order valence-corrected chi connectivity index (χ2v) is 5.25. The quantitative estimate of drug-likeness (QED) is 0.766. The van der Waals surface area contributed by atoms with Gasteiger partial charge in [0.15, 0.2) is 0 Å². The molecule has 0 radical (unpaired) electrons. The Morgan fingerprint density at radius 1 is 1.42 bits per heavy atom. The molecule has 0 amide bonds. The number of benzene rings is 1. The molecule has 0 spiro atoms. The summed E-state index contributed by atoms with van der Waals surface area (Å²) in [6, 6.07) is 8.16. The first kappa shape index (κ1) is 14.1. The summed E-state index contributed by atoms with van der Waals surface area (Å²) in [6.45, 7) is 9.02. The molecule has 1 atom stereocenters. The lowest BCUT2D eigenvalue weighted by Crippen LogP contribution is -2.36. The monoisotopic (exact) mass is 261 g/mol. The zero-order valence-corrected chi connectivity index (χ0v) is 11.7. The fourth-order valence-corrected chi connectivity index (χ4v) is 2.31. The van der Waals surface area contributed by atoms with E-state index in [0.717, 1.165) is 31.9 Å². The Hall–Kier alpha value is -1.32. The van der Waals surface area contributed by atoms with Gasteiger partial charge in [-0.15, -0.1) is 0 Å². The summed E-state index contributed by atoms with van der Waals surface area (Å²) in [6.07, 6.45) is 4.07. The van der Waals surface area contributed by atoms with Crippen LogP contribution < -0.4 is 10.1 Å². The Balaban J connectivity index is 1.75. The van der Waals surface area contributed by atoms with Crippen molar-refractivity contribution in [1.29, 1.82) is 0 Å². The third kappa shape index (κ3) is 4.37. The molecule has 1 unspecified atom stereocenters. The maximum Gasteiger partial charge on any atom is 0.119 e. The van der Waals surface area contributed by atoms with Crippen LogP contribution in [-0.4, -0.2) is 25.4 Å². The highest BCUT2D eigenvalue weighted by atomic mass is 16.5. The van der Waals surface area contributed by atoms with Crippen LogP contribution in [0.25, 0.3) is 0 Å². The molecule has 19 heavy (non-hydrogen) atoms. The van der Waals surface area contributed by atoms with Crippen LogP contribution in [0.2, 0.25) is 0 Å². The van der Waals surface area contributed by atoms with E-state index in [2.05, 4.69) is 31.0 Å². The van der Waals surface area contributed by atoms with Crippen molar-refractivity contribution in [2.75, 3.05) is 19.8 Å². The summed E-state index contributed by atoms with van der Waals surface area (Å²) in [5.41, 5.74) is 1.28. The number of hydrogen-bond donors (Lipinski definition) is 1. The predicted octanol–water partition coefficient (Wildman–Crippen LogP) is 2.91. The standard InChI is InChI=1S/C16H23NO2/c1-3-10-18-15-7-5-14(6-8-15)12-17-13-16(2)9-4-11-19-16/h3,5-8,17H,1,4,9-13H2,2H3. The molecule has 1 aliphatic heterocycles. The first-order valence-corrected chi connectivity index (χ1v) is 6.89. The summed E-state index contributed by atoms with van der Waals surface area (Å²) < 4.78 is 11.2. The Morgan fingerprint density at radius 2 is 2.21 bits per heavy atom. The van der Waals surface area contributed by atoms with Crippen LogP contribution in [0, 0.1) is 0 Å². The zero-order valence-electron chi connectivity index (χ0n) is 11.7. The molecule has 1 heterocycles. The van der Waals surface area contributed by atoms with E-state index >= 15 is 0 Å². The number of rotatable bonds is 7. The Bertz CT molecular complexity index is 394. The van der Waals surface area contributed by atoms with Crippen molar-refractivity contribution in [2.45, 2.75) is 31.9 Å². The van der Waals surface area contributed by atoms with Crippen LogP contribution in [0.4, 0.5) is 0 Å². The highest BCUT2D eigenvalue weighted by Gasteiger charge is 2.28. The molecular formula is C16H23NO2. The van der Waals surface area contributed by atoms with Gasteiger partial charge in [-0.2, -0.15) is 0 Å². The maximum absolute atomic E-state index is 5.75. The molecule has 0 aromatic heterocycles. The number of ether oxygens (including phenoxy) is 2. The highest BCUT2D eigenvalue weighted by molar-refractivity contribution is 5.27. The first-order valence-electron chi connectivity index (χ1n) is 6.89. The van der Waals surface area contributed by atoms with Crippen molar-refractivity contribution < 1.29 is 9.47 Å². The van der Waals surface area contributed by atoms with Gasteiger partial charge >= 0.3 is 0 Å². The van der Waals surface area contributed by atoms with Crippen molar-refractivity contribution in [3.8, 4) is 5.75 Å². The SMILES string of the molecule is C=CCOc1ccc(CNCC2(C)CCCO2)cc1. The van der Waals surface area contributed by atoms with Gasteiger partial charge in [0.2, 0.25) is 0 Å². The zero-order chi connectivity index (χ0) is 13.6. The highest BCUT2D eigenvalue weighted by Crippen LogP contribution is 2.24. The fraction of sp³-hybridized carbons (Fsp3) is 0.500. The number of hydrogen-bond acceptors (Lipinski definition) is 3. The maximum atomic E-state index is 5.75. The third-order valence-electron chi connectivity index (χ3n) is 3.42. The molecule has 2 rings (SSSR count). The van der Waals surface area contributed by atoms with Gasteiger partial charge in [0.25, 0.3) is 0 Å². The van der Waals surface area contributed by atoms with Gasteiger partial charge in [0.1, 0.15) is 12.4 Å². The van der Waals surface area contributed by atoms with Crippen LogP contribution >= 0.6 is 0 Å². The largest absolute Gasteiger partial charge is 0.490 e. The Morgan fingerprint density at radius 3 is 2.84 bits per heavy atom. The van der Waals surface area contributed by atoms with E-state index in [1.165, 1.54) is 12.0 Å². The third-order valence-corrected chi connectivity index (χ3v) is 3.42. The van der Waals surface area contributed by atoms with Gasteiger partial charge in [0.05, 0.1) is 5.60 Å². The van der Waals surface area contributed by atoms with Crippen LogP contribution in [-0.2, 0) is 11.3 Å².